The highest BCUT2D eigenvalue weighted by molar-refractivity contribution is 4.84. The van der Waals surface area contributed by atoms with E-state index in [1.54, 1.807) is 0 Å². The molecule has 0 saturated carbocycles. The first-order chi connectivity index (χ1) is 6.18. The number of hydrogen-bond donors (Lipinski definition) is 1. The van der Waals surface area contributed by atoms with Crippen molar-refractivity contribution in [3.8, 4) is 0 Å². The zero-order valence-electron chi connectivity index (χ0n) is 11.2. The molecule has 0 radical (unpaired) electrons. The molecule has 0 saturated heterocycles. The fourth-order valence-corrected chi connectivity index (χ4v) is 1.86. The standard InChI is InChI=1S/C13H29N/c1-8-12(4,5)10-13(6,7)14-9-11(2)3/h11,14H,8-10H2,1-7H3. The average Bonchev–Trinajstić information content (AvgIpc) is 1.99. The minimum absolute atomic E-state index is 0.268. The van der Waals surface area contributed by atoms with E-state index in [2.05, 4.69) is 53.8 Å². The second kappa shape index (κ2) is 5.16. The van der Waals surface area contributed by atoms with E-state index in [0.717, 1.165) is 12.5 Å². The lowest BCUT2D eigenvalue weighted by Gasteiger charge is -2.35. The van der Waals surface area contributed by atoms with Crippen molar-refractivity contribution >= 4 is 0 Å². The maximum Gasteiger partial charge on any atom is 0.0130 e. The smallest absolute Gasteiger partial charge is 0.0130 e. The Morgan fingerprint density at radius 1 is 1.07 bits per heavy atom. The zero-order valence-corrected chi connectivity index (χ0v) is 11.2. The molecule has 14 heavy (non-hydrogen) atoms. The largest absolute Gasteiger partial charge is 0.312 e. The third-order valence-corrected chi connectivity index (χ3v) is 2.87. The lowest BCUT2D eigenvalue weighted by Crippen LogP contribution is -2.44. The first-order valence-electron chi connectivity index (χ1n) is 5.93. The molecular weight excluding hydrogens is 170 g/mol. The molecule has 1 N–H and O–H groups in total. The van der Waals surface area contributed by atoms with E-state index < -0.39 is 0 Å². The molecule has 0 fully saturated rings. The average molecular weight is 199 g/mol. The molecule has 0 aliphatic heterocycles. The van der Waals surface area contributed by atoms with Gasteiger partial charge in [0.15, 0.2) is 0 Å². The monoisotopic (exact) mass is 199 g/mol. The Balaban J connectivity index is 4.06. The minimum atomic E-state index is 0.268. The lowest BCUT2D eigenvalue weighted by atomic mass is 9.78. The van der Waals surface area contributed by atoms with Crippen molar-refractivity contribution < 1.29 is 0 Å². The first kappa shape index (κ1) is 14.0. The molecule has 0 atom stereocenters. The van der Waals surface area contributed by atoms with Gasteiger partial charge in [-0.1, -0.05) is 41.0 Å². The van der Waals surface area contributed by atoms with Crippen molar-refractivity contribution in [3.05, 3.63) is 0 Å². The third kappa shape index (κ3) is 6.42. The van der Waals surface area contributed by atoms with Crippen LogP contribution in [0.1, 0.15) is 61.3 Å². The molecule has 0 amide bonds. The summed E-state index contributed by atoms with van der Waals surface area (Å²) < 4.78 is 0. The Morgan fingerprint density at radius 2 is 1.57 bits per heavy atom. The van der Waals surface area contributed by atoms with E-state index in [4.69, 9.17) is 0 Å². The van der Waals surface area contributed by atoms with Crippen LogP contribution in [0.2, 0.25) is 0 Å². The maximum atomic E-state index is 3.65. The van der Waals surface area contributed by atoms with E-state index in [1.165, 1.54) is 12.8 Å². The van der Waals surface area contributed by atoms with Gasteiger partial charge in [-0.15, -0.1) is 0 Å². The summed E-state index contributed by atoms with van der Waals surface area (Å²) in [6, 6.07) is 0. The highest BCUT2D eigenvalue weighted by Crippen LogP contribution is 2.30. The topological polar surface area (TPSA) is 12.0 Å². The molecule has 0 heterocycles. The van der Waals surface area contributed by atoms with Gasteiger partial charge in [-0.25, -0.2) is 0 Å². The summed E-state index contributed by atoms with van der Waals surface area (Å²) in [5.41, 5.74) is 0.720. The van der Waals surface area contributed by atoms with Crippen LogP contribution in [0.4, 0.5) is 0 Å². The van der Waals surface area contributed by atoms with Gasteiger partial charge in [0.2, 0.25) is 0 Å². The summed E-state index contributed by atoms with van der Waals surface area (Å²) >= 11 is 0. The molecule has 0 aliphatic rings. The highest BCUT2D eigenvalue weighted by atomic mass is 15.0. The van der Waals surface area contributed by atoms with Crippen LogP contribution in [0.3, 0.4) is 0 Å². The third-order valence-electron chi connectivity index (χ3n) is 2.87. The van der Waals surface area contributed by atoms with Crippen molar-refractivity contribution in [2.24, 2.45) is 11.3 Å². The molecule has 86 valence electrons. The first-order valence-corrected chi connectivity index (χ1v) is 5.93. The van der Waals surface area contributed by atoms with E-state index in [1.807, 2.05) is 0 Å². The summed E-state index contributed by atoms with van der Waals surface area (Å²) in [6.07, 6.45) is 2.49. The van der Waals surface area contributed by atoms with Gasteiger partial charge in [0.25, 0.3) is 0 Å². The van der Waals surface area contributed by atoms with Crippen LogP contribution < -0.4 is 5.32 Å². The maximum absolute atomic E-state index is 3.65. The second-order valence-corrected chi connectivity index (χ2v) is 6.35. The molecule has 0 bridgehead atoms. The van der Waals surface area contributed by atoms with Gasteiger partial charge in [0.1, 0.15) is 0 Å². The van der Waals surface area contributed by atoms with Crippen LogP contribution in [0.25, 0.3) is 0 Å². The van der Waals surface area contributed by atoms with Crippen molar-refractivity contribution in [2.75, 3.05) is 6.54 Å². The predicted molar refractivity (Wildman–Crippen MR) is 65.6 cm³/mol. The van der Waals surface area contributed by atoms with Crippen LogP contribution in [-0.2, 0) is 0 Å². The quantitative estimate of drug-likeness (QED) is 0.685. The normalized spacial score (nSPS) is 13.7. The van der Waals surface area contributed by atoms with Crippen LogP contribution in [0.5, 0.6) is 0 Å². The fourth-order valence-electron chi connectivity index (χ4n) is 1.86. The molecule has 0 aromatic rings. The van der Waals surface area contributed by atoms with Crippen molar-refractivity contribution in [3.63, 3.8) is 0 Å². The molecule has 0 rings (SSSR count). The molecule has 1 heteroatoms. The summed E-state index contributed by atoms with van der Waals surface area (Å²) in [4.78, 5) is 0. The Kier molecular flexibility index (Phi) is 5.14. The molecule has 1 nitrogen and oxygen atoms in total. The Bertz CT molecular complexity index is 157. The van der Waals surface area contributed by atoms with E-state index in [-0.39, 0.29) is 5.54 Å². The minimum Gasteiger partial charge on any atom is -0.312 e. The fraction of sp³-hybridized carbons (Fsp3) is 1.00. The SMILES string of the molecule is CCC(C)(C)CC(C)(C)NCC(C)C. The van der Waals surface area contributed by atoms with Crippen LogP contribution in [0, 0.1) is 11.3 Å². The Labute approximate surface area is 90.7 Å². The van der Waals surface area contributed by atoms with Gasteiger partial charge in [-0.2, -0.15) is 0 Å². The van der Waals surface area contributed by atoms with Gasteiger partial charge in [-0.05, 0) is 38.1 Å². The Hall–Kier alpha value is -0.0400. The van der Waals surface area contributed by atoms with Crippen molar-refractivity contribution in [2.45, 2.75) is 66.8 Å². The summed E-state index contributed by atoms with van der Waals surface area (Å²) in [7, 11) is 0. The van der Waals surface area contributed by atoms with Crippen molar-refractivity contribution in [1.82, 2.24) is 5.32 Å². The second-order valence-electron chi connectivity index (χ2n) is 6.35. The molecule has 0 spiro atoms. The summed E-state index contributed by atoms with van der Waals surface area (Å²) in [5.74, 6) is 0.735. The zero-order chi connectivity index (χ0) is 11.4. The van der Waals surface area contributed by atoms with Crippen LogP contribution in [-0.4, -0.2) is 12.1 Å². The number of hydrogen-bond acceptors (Lipinski definition) is 1. The lowest BCUT2D eigenvalue weighted by molar-refractivity contribution is 0.211. The van der Waals surface area contributed by atoms with E-state index in [0.29, 0.717) is 5.41 Å². The van der Waals surface area contributed by atoms with E-state index in [9.17, 15) is 0 Å². The van der Waals surface area contributed by atoms with Gasteiger partial charge in [0.05, 0.1) is 0 Å². The van der Waals surface area contributed by atoms with Crippen LogP contribution in [0.15, 0.2) is 0 Å². The molecule has 0 unspecified atom stereocenters. The van der Waals surface area contributed by atoms with Crippen molar-refractivity contribution in [1.29, 1.82) is 0 Å². The van der Waals surface area contributed by atoms with Gasteiger partial charge < -0.3 is 5.32 Å². The van der Waals surface area contributed by atoms with Gasteiger partial charge >= 0.3 is 0 Å². The highest BCUT2D eigenvalue weighted by Gasteiger charge is 2.26. The Morgan fingerprint density at radius 3 is 1.93 bits per heavy atom. The molecule has 0 aliphatic carbocycles. The number of nitrogens with one attached hydrogen (secondary N) is 1. The van der Waals surface area contributed by atoms with Gasteiger partial charge in [0, 0.05) is 5.54 Å². The summed E-state index contributed by atoms with van der Waals surface area (Å²) in [6.45, 7) is 17.2. The summed E-state index contributed by atoms with van der Waals surface area (Å²) in [5, 5.41) is 3.65. The van der Waals surface area contributed by atoms with Gasteiger partial charge in [-0.3, -0.25) is 0 Å². The van der Waals surface area contributed by atoms with Crippen LogP contribution >= 0.6 is 0 Å². The van der Waals surface area contributed by atoms with E-state index >= 15 is 0 Å². The molecule has 0 aromatic carbocycles. The molecule has 0 aromatic heterocycles. The predicted octanol–water partition coefficient (Wildman–Crippen LogP) is 3.84. The number of rotatable bonds is 6. The molecular formula is C13H29N.